The molecule has 1 heterocycles. The van der Waals surface area contributed by atoms with Gasteiger partial charge in [0.2, 0.25) is 5.91 Å². The number of halogens is 2. The molecule has 1 aliphatic rings. The summed E-state index contributed by atoms with van der Waals surface area (Å²) < 4.78 is 1.08. The van der Waals surface area contributed by atoms with E-state index >= 15 is 0 Å². The molecule has 0 bridgehead atoms. The van der Waals surface area contributed by atoms with Gasteiger partial charge in [-0.1, -0.05) is 41.9 Å². The number of nitrogens with zero attached hydrogens (tertiary/aromatic N) is 2. The third-order valence-corrected chi connectivity index (χ3v) is 7.01. The molecule has 1 fully saturated rings. The number of aryl methyl sites for hydroxylation is 1. The van der Waals surface area contributed by atoms with Crippen LogP contribution in [0.3, 0.4) is 0 Å². The molecule has 174 valence electrons. The zero-order valence-corrected chi connectivity index (χ0v) is 22.0. The molecule has 0 aromatic heterocycles. The van der Waals surface area contributed by atoms with Crippen molar-refractivity contribution in [3.63, 3.8) is 0 Å². The Bertz CT molecular complexity index is 1170. The van der Waals surface area contributed by atoms with Gasteiger partial charge in [-0.3, -0.25) is 14.5 Å². The van der Waals surface area contributed by atoms with Crippen LogP contribution >= 0.6 is 46.4 Å². The summed E-state index contributed by atoms with van der Waals surface area (Å²) in [7, 11) is 0. The Labute approximate surface area is 223 Å². The summed E-state index contributed by atoms with van der Waals surface area (Å²) >= 11 is 14.0. The van der Waals surface area contributed by atoms with E-state index in [-0.39, 0.29) is 18.2 Å². The molecule has 3 aromatic rings. The van der Waals surface area contributed by atoms with E-state index in [1.165, 1.54) is 10.5 Å². The van der Waals surface area contributed by atoms with Crippen molar-refractivity contribution in [2.24, 2.45) is 0 Å². The van der Waals surface area contributed by atoms with E-state index in [9.17, 15) is 9.59 Å². The Morgan fingerprint density at radius 3 is 2.35 bits per heavy atom. The third-order valence-electron chi connectivity index (χ3n) is 5.62. The van der Waals surface area contributed by atoms with Gasteiger partial charge in [0.05, 0.1) is 12.1 Å². The van der Waals surface area contributed by atoms with Gasteiger partial charge < -0.3 is 10.2 Å². The van der Waals surface area contributed by atoms with Gasteiger partial charge in [0.15, 0.2) is 5.11 Å². The Morgan fingerprint density at radius 2 is 1.68 bits per heavy atom. The number of carbonyl (C=O) groups excluding carboxylic acids is 2. The molecule has 0 saturated carbocycles. The molecule has 0 aliphatic carbocycles. The third kappa shape index (κ3) is 5.95. The van der Waals surface area contributed by atoms with Crippen LogP contribution in [-0.2, 0) is 16.0 Å². The summed E-state index contributed by atoms with van der Waals surface area (Å²) in [5.74, 6) is -0.432. The summed E-state index contributed by atoms with van der Waals surface area (Å²) in [5, 5.41) is 3.88. The van der Waals surface area contributed by atoms with Crippen LogP contribution in [0.1, 0.15) is 18.4 Å². The molecule has 3 aromatic carbocycles. The first-order valence-corrected chi connectivity index (χ1v) is 12.8. The van der Waals surface area contributed by atoms with Gasteiger partial charge in [-0.05, 0) is 102 Å². The van der Waals surface area contributed by atoms with Crippen LogP contribution in [-0.4, -0.2) is 34.4 Å². The average molecular weight is 604 g/mol. The van der Waals surface area contributed by atoms with Crippen LogP contribution in [0.4, 0.5) is 11.4 Å². The molecular weight excluding hydrogens is 581 g/mol. The van der Waals surface area contributed by atoms with Crippen LogP contribution in [0.5, 0.6) is 0 Å². The zero-order chi connectivity index (χ0) is 24.1. The van der Waals surface area contributed by atoms with Crippen molar-refractivity contribution < 1.29 is 9.59 Å². The van der Waals surface area contributed by atoms with E-state index < -0.39 is 6.04 Å². The summed E-state index contributed by atoms with van der Waals surface area (Å²) in [4.78, 5) is 29.7. The summed E-state index contributed by atoms with van der Waals surface area (Å²) in [6.07, 6.45) is 1.68. The zero-order valence-electron chi connectivity index (χ0n) is 18.3. The van der Waals surface area contributed by atoms with E-state index in [1.54, 1.807) is 24.3 Å². The molecular formula is C26H23ClIN3O2S. The topological polar surface area (TPSA) is 52.7 Å². The second-order valence-electron chi connectivity index (χ2n) is 7.99. The van der Waals surface area contributed by atoms with Gasteiger partial charge in [-0.2, -0.15) is 0 Å². The fraction of sp³-hybridized carbons (Fsp3) is 0.192. The number of amides is 2. The van der Waals surface area contributed by atoms with Crippen molar-refractivity contribution in [3.05, 3.63) is 93.0 Å². The lowest BCUT2D eigenvalue weighted by molar-refractivity contribution is -0.124. The van der Waals surface area contributed by atoms with E-state index in [1.807, 2.05) is 47.4 Å². The summed E-state index contributed by atoms with van der Waals surface area (Å²) in [6.45, 7) is 0.574. The number of benzene rings is 3. The van der Waals surface area contributed by atoms with Crippen molar-refractivity contribution in [1.29, 1.82) is 0 Å². The average Bonchev–Trinajstić information content (AvgIpc) is 3.06. The fourth-order valence-corrected chi connectivity index (χ4v) is 4.83. The number of thiocarbonyl (C=S) groups is 1. The first-order valence-electron chi connectivity index (χ1n) is 10.9. The predicted molar refractivity (Wildman–Crippen MR) is 149 cm³/mol. The Hall–Kier alpha value is -2.49. The first-order chi connectivity index (χ1) is 16.4. The number of nitrogens with one attached hydrogen (secondary N) is 1. The van der Waals surface area contributed by atoms with Gasteiger partial charge in [0.1, 0.15) is 6.04 Å². The molecule has 5 nitrogen and oxygen atoms in total. The Balaban J connectivity index is 1.51. The lowest BCUT2D eigenvalue weighted by atomic mass is 10.1. The number of hydrogen-bond donors (Lipinski definition) is 1. The first kappa shape index (κ1) is 24.6. The number of carbonyl (C=O) groups is 2. The lowest BCUT2D eigenvalue weighted by Gasteiger charge is -2.24. The van der Waals surface area contributed by atoms with Crippen LogP contribution < -0.4 is 10.2 Å². The maximum atomic E-state index is 13.5. The predicted octanol–water partition coefficient (Wildman–Crippen LogP) is 5.91. The SMILES string of the molecule is O=C(CC1C(=O)N(c2ccc(Cl)cc2)C(=S)N1CCCc1ccccc1)Nc1ccc(I)cc1. The minimum absolute atomic E-state index is 0.0143. The minimum Gasteiger partial charge on any atom is -0.336 e. The Morgan fingerprint density at radius 1 is 1.00 bits per heavy atom. The monoisotopic (exact) mass is 603 g/mol. The highest BCUT2D eigenvalue weighted by Gasteiger charge is 2.43. The van der Waals surface area contributed by atoms with Crippen molar-refractivity contribution >= 4 is 74.7 Å². The summed E-state index contributed by atoms with van der Waals surface area (Å²) in [5.41, 5.74) is 2.57. The number of anilines is 2. The minimum atomic E-state index is -0.664. The molecule has 1 atom stereocenters. The van der Waals surface area contributed by atoms with Gasteiger partial charge in [0, 0.05) is 20.8 Å². The van der Waals surface area contributed by atoms with Gasteiger partial charge in [-0.15, -0.1) is 0 Å². The normalized spacial score (nSPS) is 15.6. The molecule has 4 rings (SSSR count). The molecule has 34 heavy (non-hydrogen) atoms. The van der Waals surface area contributed by atoms with Crippen LogP contribution in [0, 0.1) is 3.57 Å². The standard InChI is InChI=1S/C26H23ClIN3O2S/c27-19-8-14-22(15-9-19)31-25(33)23(17-24(32)29-21-12-10-20(28)11-13-21)30(26(31)34)16-4-7-18-5-2-1-3-6-18/h1-3,5-6,8-15,23H,4,7,16-17H2,(H,29,32). The number of rotatable bonds is 8. The highest BCUT2D eigenvalue weighted by Crippen LogP contribution is 2.29. The molecule has 0 spiro atoms. The largest absolute Gasteiger partial charge is 0.336 e. The maximum Gasteiger partial charge on any atom is 0.256 e. The van der Waals surface area contributed by atoms with E-state index in [0.29, 0.717) is 28.1 Å². The smallest absolute Gasteiger partial charge is 0.256 e. The van der Waals surface area contributed by atoms with Crippen molar-refractivity contribution in [2.75, 3.05) is 16.8 Å². The molecule has 0 radical (unpaired) electrons. The molecule has 1 aliphatic heterocycles. The van der Waals surface area contributed by atoms with Gasteiger partial charge >= 0.3 is 0 Å². The molecule has 1 N–H and O–H groups in total. The maximum absolute atomic E-state index is 13.5. The molecule has 1 saturated heterocycles. The second-order valence-corrected chi connectivity index (χ2v) is 10.0. The van der Waals surface area contributed by atoms with Crippen LogP contribution in [0.15, 0.2) is 78.9 Å². The van der Waals surface area contributed by atoms with Crippen LogP contribution in [0.2, 0.25) is 5.02 Å². The molecule has 1 unspecified atom stereocenters. The van der Waals surface area contributed by atoms with E-state index in [0.717, 1.165) is 16.4 Å². The van der Waals surface area contributed by atoms with Crippen molar-refractivity contribution in [2.45, 2.75) is 25.3 Å². The van der Waals surface area contributed by atoms with Crippen molar-refractivity contribution in [1.82, 2.24) is 4.90 Å². The fourth-order valence-electron chi connectivity index (χ4n) is 3.93. The Kier molecular flexibility index (Phi) is 8.18. The van der Waals surface area contributed by atoms with Crippen molar-refractivity contribution in [3.8, 4) is 0 Å². The quantitative estimate of drug-likeness (QED) is 0.257. The van der Waals surface area contributed by atoms with Gasteiger partial charge in [-0.25, -0.2) is 0 Å². The highest BCUT2D eigenvalue weighted by atomic mass is 127. The van der Waals surface area contributed by atoms with E-state index in [2.05, 4.69) is 40.0 Å². The highest BCUT2D eigenvalue weighted by molar-refractivity contribution is 14.1. The lowest BCUT2D eigenvalue weighted by Crippen LogP contribution is -2.38. The number of hydrogen-bond acceptors (Lipinski definition) is 3. The molecule has 2 amide bonds. The van der Waals surface area contributed by atoms with Gasteiger partial charge in [0.25, 0.3) is 5.91 Å². The molecule has 8 heteroatoms. The second kappa shape index (κ2) is 11.3. The summed E-state index contributed by atoms with van der Waals surface area (Å²) in [6, 6.07) is 24.0. The van der Waals surface area contributed by atoms with Crippen LogP contribution in [0.25, 0.3) is 0 Å². The van der Waals surface area contributed by atoms with E-state index in [4.69, 9.17) is 23.8 Å².